The second kappa shape index (κ2) is 7.38. The maximum absolute atomic E-state index is 9.07. The van der Waals surface area contributed by atoms with Gasteiger partial charge < -0.3 is 5.73 Å². The predicted molar refractivity (Wildman–Crippen MR) is 108 cm³/mol. The van der Waals surface area contributed by atoms with Crippen molar-refractivity contribution in [1.29, 1.82) is 5.26 Å². The fourth-order valence-corrected chi connectivity index (χ4v) is 3.82. The van der Waals surface area contributed by atoms with Crippen LogP contribution in [-0.4, -0.2) is 15.8 Å². The average Bonchev–Trinajstić information content (AvgIpc) is 3.14. The normalized spacial score (nSPS) is 19.6. The minimum absolute atomic E-state index is 0.332. The van der Waals surface area contributed by atoms with Crippen LogP contribution >= 0.6 is 0 Å². The minimum atomic E-state index is 0.332. The average molecular weight is 356 g/mol. The summed E-state index contributed by atoms with van der Waals surface area (Å²) in [5.41, 5.74) is 12.3. The summed E-state index contributed by atoms with van der Waals surface area (Å²) in [7, 11) is 0. The number of nitriles is 1. The van der Waals surface area contributed by atoms with Crippen molar-refractivity contribution >= 4 is 0 Å². The fourth-order valence-electron chi connectivity index (χ4n) is 3.82. The Morgan fingerprint density at radius 2 is 1.67 bits per heavy atom. The molecule has 0 spiro atoms. The number of hydrogen-bond acceptors (Lipinski definition) is 3. The van der Waals surface area contributed by atoms with Crippen LogP contribution in [0.25, 0.3) is 16.9 Å². The van der Waals surface area contributed by atoms with Gasteiger partial charge in [-0.15, -0.1) is 0 Å². The van der Waals surface area contributed by atoms with Crippen LogP contribution in [0.2, 0.25) is 0 Å². The summed E-state index contributed by atoms with van der Waals surface area (Å²) in [4.78, 5) is 0. The van der Waals surface area contributed by atoms with Gasteiger partial charge in [-0.2, -0.15) is 10.4 Å². The van der Waals surface area contributed by atoms with Crippen molar-refractivity contribution in [1.82, 2.24) is 9.78 Å². The van der Waals surface area contributed by atoms with Gasteiger partial charge in [-0.05, 0) is 62.9 Å². The van der Waals surface area contributed by atoms with Gasteiger partial charge in [0, 0.05) is 17.5 Å². The molecular formula is C23H24N4. The molecule has 1 heterocycles. The smallest absolute Gasteiger partial charge is 0.0991 e. The highest BCUT2D eigenvalue weighted by Crippen LogP contribution is 2.34. The van der Waals surface area contributed by atoms with Gasteiger partial charge in [0.15, 0.2) is 0 Å². The highest BCUT2D eigenvalue weighted by atomic mass is 15.3. The van der Waals surface area contributed by atoms with E-state index in [2.05, 4.69) is 43.3 Å². The van der Waals surface area contributed by atoms with Crippen molar-refractivity contribution in [3.05, 3.63) is 71.4 Å². The third-order valence-electron chi connectivity index (χ3n) is 5.51. The molecule has 136 valence electrons. The molecule has 0 unspecified atom stereocenters. The first-order valence-electron chi connectivity index (χ1n) is 9.57. The quantitative estimate of drug-likeness (QED) is 0.739. The number of aryl methyl sites for hydroxylation is 1. The maximum Gasteiger partial charge on any atom is 0.0991 e. The fraction of sp³-hybridized carbons (Fsp3) is 0.304. The molecule has 0 bridgehead atoms. The largest absolute Gasteiger partial charge is 0.328 e. The Kier molecular flexibility index (Phi) is 4.79. The zero-order valence-electron chi connectivity index (χ0n) is 15.6. The van der Waals surface area contributed by atoms with Crippen molar-refractivity contribution in [2.45, 2.75) is 44.6 Å². The lowest BCUT2D eigenvalue weighted by Crippen LogP contribution is -2.25. The number of nitrogens with two attached hydrogens (primary N) is 1. The van der Waals surface area contributed by atoms with E-state index in [4.69, 9.17) is 16.1 Å². The Morgan fingerprint density at radius 3 is 2.30 bits per heavy atom. The number of hydrogen-bond donors (Lipinski definition) is 1. The number of nitrogens with zero attached hydrogens (tertiary/aromatic N) is 3. The monoisotopic (exact) mass is 356 g/mol. The van der Waals surface area contributed by atoms with Gasteiger partial charge in [0.2, 0.25) is 0 Å². The number of rotatable bonds is 3. The summed E-state index contributed by atoms with van der Waals surface area (Å²) in [6.07, 6.45) is 4.32. The van der Waals surface area contributed by atoms with Crippen molar-refractivity contribution in [3.8, 4) is 23.0 Å². The minimum Gasteiger partial charge on any atom is -0.328 e. The van der Waals surface area contributed by atoms with Gasteiger partial charge in [-0.3, -0.25) is 0 Å². The molecule has 4 nitrogen and oxygen atoms in total. The van der Waals surface area contributed by atoms with Crippen LogP contribution in [0, 0.1) is 18.3 Å². The van der Waals surface area contributed by atoms with Crippen molar-refractivity contribution in [2.75, 3.05) is 0 Å². The molecule has 1 aliphatic carbocycles. The molecule has 0 aliphatic heterocycles. The summed E-state index contributed by atoms with van der Waals surface area (Å²) in [5, 5.41) is 14.0. The van der Waals surface area contributed by atoms with Gasteiger partial charge in [-0.25, -0.2) is 4.68 Å². The molecule has 1 aromatic heterocycles. The molecule has 3 aromatic rings. The lowest BCUT2D eigenvalue weighted by Gasteiger charge is -2.24. The Hall–Kier alpha value is -2.90. The lowest BCUT2D eigenvalue weighted by molar-refractivity contribution is 0.389. The molecule has 1 saturated carbocycles. The van der Waals surface area contributed by atoms with E-state index in [0.717, 1.165) is 48.3 Å². The summed E-state index contributed by atoms with van der Waals surface area (Å²) < 4.78 is 2.01. The van der Waals surface area contributed by atoms with Gasteiger partial charge in [0.25, 0.3) is 0 Å². The van der Waals surface area contributed by atoms with Crippen LogP contribution in [0.3, 0.4) is 0 Å². The van der Waals surface area contributed by atoms with Gasteiger partial charge in [-0.1, -0.05) is 29.8 Å². The Morgan fingerprint density at radius 1 is 1.00 bits per heavy atom. The van der Waals surface area contributed by atoms with E-state index >= 15 is 0 Å². The van der Waals surface area contributed by atoms with Gasteiger partial charge >= 0.3 is 0 Å². The molecular weight excluding hydrogens is 332 g/mol. The van der Waals surface area contributed by atoms with E-state index in [1.165, 1.54) is 5.56 Å². The molecule has 4 heteroatoms. The molecule has 1 fully saturated rings. The zero-order chi connectivity index (χ0) is 18.8. The van der Waals surface area contributed by atoms with Crippen molar-refractivity contribution in [2.24, 2.45) is 5.73 Å². The lowest BCUT2D eigenvalue weighted by atomic mass is 9.84. The zero-order valence-corrected chi connectivity index (χ0v) is 15.6. The number of benzene rings is 2. The molecule has 27 heavy (non-hydrogen) atoms. The topological polar surface area (TPSA) is 67.6 Å². The SMILES string of the molecule is Cc1ccc(-c2cc(C3CCC(N)CC3)nn2-c2ccc(C#N)cc2)cc1. The highest BCUT2D eigenvalue weighted by molar-refractivity contribution is 5.63. The third-order valence-corrected chi connectivity index (χ3v) is 5.51. The van der Waals surface area contributed by atoms with E-state index in [-0.39, 0.29) is 0 Å². The summed E-state index contributed by atoms with van der Waals surface area (Å²) >= 11 is 0. The summed E-state index contributed by atoms with van der Waals surface area (Å²) in [6.45, 7) is 2.10. The molecule has 0 atom stereocenters. The highest BCUT2D eigenvalue weighted by Gasteiger charge is 2.24. The Bertz CT molecular complexity index is 953. The van der Waals surface area contributed by atoms with E-state index in [0.29, 0.717) is 17.5 Å². The van der Waals surface area contributed by atoms with E-state index in [1.807, 2.05) is 28.9 Å². The van der Waals surface area contributed by atoms with Crippen LogP contribution in [0.4, 0.5) is 0 Å². The Labute approximate surface area is 160 Å². The molecule has 1 aliphatic rings. The molecule has 4 rings (SSSR count). The van der Waals surface area contributed by atoms with Crippen LogP contribution in [0.1, 0.15) is 48.4 Å². The third kappa shape index (κ3) is 3.65. The van der Waals surface area contributed by atoms with Crippen molar-refractivity contribution in [3.63, 3.8) is 0 Å². The standard InChI is InChI=1S/C23H24N4/c1-16-2-6-19(7-3-16)23-14-22(18-8-10-20(25)11-9-18)26-27(23)21-12-4-17(15-24)5-13-21/h2-7,12-14,18,20H,8-11,25H2,1H3. The van der Waals surface area contributed by atoms with Crippen LogP contribution in [-0.2, 0) is 0 Å². The molecule has 2 N–H and O–H groups in total. The summed E-state index contributed by atoms with van der Waals surface area (Å²) in [6, 6.07) is 20.9. The Balaban J connectivity index is 1.77. The van der Waals surface area contributed by atoms with Crippen LogP contribution < -0.4 is 5.73 Å². The van der Waals surface area contributed by atoms with Crippen molar-refractivity contribution < 1.29 is 0 Å². The molecule has 0 saturated heterocycles. The van der Waals surface area contributed by atoms with Gasteiger partial charge in [0.1, 0.15) is 0 Å². The summed E-state index contributed by atoms with van der Waals surface area (Å²) in [5.74, 6) is 0.466. The van der Waals surface area contributed by atoms with E-state index < -0.39 is 0 Å². The molecule has 2 aromatic carbocycles. The molecule has 0 radical (unpaired) electrons. The number of aromatic nitrogens is 2. The van der Waals surface area contributed by atoms with Crippen LogP contribution in [0.5, 0.6) is 0 Å². The van der Waals surface area contributed by atoms with Gasteiger partial charge in [0.05, 0.1) is 28.7 Å². The van der Waals surface area contributed by atoms with E-state index in [9.17, 15) is 0 Å². The van der Waals surface area contributed by atoms with E-state index in [1.54, 1.807) is 0 Å². The first-order chi connectivity index (χ1) is 13.1. The molecule has 0 amide bonds. The van der Waals surface area contributed by atoms with Crippen LogP contribution in [0.15, 0.2) is 54.6 Å². The first kappa shape index (κ1) is 17.5. The second-order valence-electron chi connectivity index (χ2n) is 7.50. The maximum atomic E-state index is 9.07. The second-order valence-corrected chi connectivity index (χ2v) is 7.50. The first-order valence-corrected chi connectivity index (χ1v) is 9.57. The predicted octanol–water partition coefficient (Wildman–Crippen LogP) is 4.70.